The van der Waals surface area contributed by atoms with Crippen LogP contribution < -0.4 is 20.3 Å². The molecule has 1 amide bonds. The van der Waals surface area contributed by atoms with Crippen molar-refractivity contribution in [1.82, 2.24) is 0 Å². The minimum absolute atomic E-state index is 0.0706. The van der Waals surface area contributed by atoms with Crippen molar-refractivity contribution in [3.8, 4) is 5.75 Å². The zero-order chi connectivity index (χ0) is 23.9. The maximum absolute atomic E-state index is 12.3. The molecule has 0 aliphatic carbocycles. The molecular weight excluding hydrogens is 514 g/mol. The number of hydrogen-bond acceptors (Lipinski definition) is 4. The molecule has 3 aromatic rings. The number of halogens is 2. The van der Waals surface area contributed by atoms with Crippen LogP contribution >= 0.6 is 27.5 Å². The number of piperidine rings is 1. The van der Waals surface area contributed by atoms with Gasteiger partial charge in [-0.1, -0.05) is 45.2 Å². The molecule has 3 aromatic carbocycles. The van der Waals surface area contributed by atoms with Gasteiger partial charge in [-0.15, -0.1) is 0 Å². The van der Waals surface area contributed by atoms with Crippen LogP contribution in [-0.4, -0.2) is 25.6 Å². The number of anilines is 3. The quantitative estimate of drug-likeness (QED) is 0.321. The smallest absolute Gasteiger partial charge is 0.262 e. The first-order valence-electron chi connectivity index (χ1n) is 11.5. The van der Waals surface area contributed by atoms with Crippen molar-refractivity contribution in [3.05, 3.63) is 81.3 Å². The molecule has 0 unspecified atom stereocenters. The molecule has 1 fully saturated rings. The largest absolute Gasteiger partial charge is 0.483 e. The van der Waals surface area contributed by atoms with E-state index in [4.69, 9.17) is 16.3 Å². The fraction of sp³-hybridized carbons (Fsp3) is 0.296. The van der Waals surface area contributed by atoms with Gasteiger partial charge in [-0.2, -0.15) is 0 Å². The maximum atomic E-state index is 12.3. The third-order valence-electron chi connectivity index (χ3n) is 5.84. The van der Waals surface area contributed by atoms with Gasteiger partial charge in [-0.05, 0) is 74.7 Å². The Hall–Kier alpha value is -2.70. The molecule has 1 heterocycles. The molecule has 0 atom stereocenters. The molecule has 0 aromatic heterocycles. The van der Waals surface area contributed by atoms with Crippen LogP contribution in [0.4, 0.5) is 17.1 Å². The molecule has 0 saturated carbocycles. The predicted octanol–water partition coefficient (Wildman–Crippen LogP) is 7.03. The number of ether oxygens (including phenoxy) is 1. The van der Waals surface area contributed by atoms with Gasteiger partial charge < -0.3 is 20.3 Å². The maximum Gasteiger partial charge on any atom is 0.262 e. The first-order chi connectivity index (χ1) is 16.5. The molecule has 4 rings (SSSR count). The fourth-order valence-corrected chi connectivity index (χ4v) is 4.72. The van der Waals surface area contributed by atoms with Crippen LogP contribution in [0.25, 0.3) is 0 Å². The van der Waals surface area contributed by atoms with Crippen LogP contribution in [0.15, 0.2) is 65.1 Å². The lowest BCUT2D eigenvalue weighted by Gasteiger charge is -2.29. The zero-order valence-electron chi connectivity index (χ0n) is 19.2. The zero-order valence-corrected chi connectivity index (χ0v) is 21.6. The van der Waals surface area contributed by atoms with Crippen LogP contribution in [-0.2, 0) is 11.3 Å². The minimum atomic E-state index is -0.203. The molecule has 7 heteroatoms. The molecular formula is C27H29BrClN3O2. The molecule has 1 saturated heterocycles. The van der Waals surface area contributed by atoms with E-state index in [1.807, 2.05) is 55.5 Å². The summed E-state index contributed by atoms with van der Waals surface area (Å²) in [6, 6.07) is 19.6. The van der Waals surface area contributed by atoms with Crippen LogP contribution in [0.2, 0.25) is 5.02 Å². The summed E-state index contributed by atoms with van der Waals surface area (Å²) in [6.07, 6.45) is 3.72. The topological polar surface area (TPSA) is 53.6 Å². The summed E-state index contributed by atoms with van der Waals surface area (Å²) in [7, 11) is 0. The van der Waals surface area contributed by atoms with E-state index < -0.39 is 0 Å². The van der Waals surface area contributed by atoms with Crippen LogP contribution in [0.3, 0.4) is 0 Å². The van der Waals surface area contributed by atoms with E-state index >= 15 is 0 Å². The van der Waals surface area contributed by atoms with Crippen molar-refractivity contribution in [2.75, 3.05) is 35.2 Å². The molecule has 5 nitrogen and oxygen atoms in total. The number of benzene rings is 3. The average Bonchev–Trinajstić information content (AvgIpc) is 2.84. The second kappa shape index (κ2) is 11.6. The monoisotopic (exact) mass is 541 g/mol. The predicted molar refractivity (Wildman–Crippen MR) is 144 cm³/mol. The van der Waals surface area contributed by atoms with Gasteiger partial charge in [-0.3, -0.25) is 4.79 Å². The van der Waals surface area contributed by atoms with E-state index in [-0.39, 0.29) is 12.5 Å². The van der Waals surface area contributed by atoms with Crippen molar-refractivity contribution >= 4 is 50.5 Å². The Morgan fingerprint density at radius 2 is 1.74 bits per heavy atom. The van der Waals surface area contributed by atoms with Gasteiger partial charge in [0.1, 0.15) is 5.75 Å². The first-order valence-corrected chi connectivity index (χ1v) is 12.7. The van der Waals surface area contributed by atoms with Crippen LogP contribution in [0.1, 0.15) is 30.4 Å². The Kier molecular flexibility index (Phi) is 8.35. The van der Waals surface area contributed by atoms with Crippen molar-refractivity contribution < 1.29 is 9.53 Å². The molecule has 0 radical (unpaired) electrons. The number of aryl methyl sites for hydroxylation is 1. The summed E-state index contributed by atoms with van der Waals surface area (Å²) < 4.78 is 6.80. The summed E-state index contributed by atoms with van der Waals surface area (Å²) in [5.74, 6) is 0.455. The highest BCUT2D eigenvalue weighted by atomic mass is 79.9. The van der Waals surface area contributed by atoms with Gasteiger partial charge in [-0.25, -0.2) is 0 Å². The molecule has 178 valence electrons. The van der Waals surface area contributed by atoms with E-state index in [1.165, 1.54) is 19.3 Å². The second-order valence-electron chi connectivity index (χ2n) is 8.52. The summed E-state index contributed by atoms with van der Waals surface area (Å²) in [4.78, 5) is 14.7. The highest BCUT2D eigenvalue weighted by molar-refractivity contribution is 9.10. The van der Waals surface area contributed by atoms with Crippen molar-refractivity contribution in [2.45, 2.75) is 32.7 Å². The third-order valence-corrected chi connectivity index (χ3v) is 6.64. The van der Waals surface area contributed by atoms with Crippen LogP contribution in [0.5, 0.6) is 5.75 Å². The summed E-state index contributed by atoms with van der Waals surface area (Å²) in [5, 5.41) is 7.04. The molecule has 2 N–H and O–H groups in total. The Morgan fingerprint density at radius 1 is 1.00 bits per heavy atom. The number of carbonyl (C=O) groups is 1. The van der Waals surface area contributed by atoms with Crippen molar-refractivity contribution in [1.29, 1.82) is 0 Å². The summed E-state index contributed by atoms with van der Waals surface area (Å²) in [5.41, 5.74) is 4.87. The van der Waals surface area contributed by atoms with Gasteiger partial charge in [0.2, 0.25) is 0 Å². The second-order valence-corrected chi connectivity index (χ2v) is 9.85. The highest BCUT2D eigenvalue weighted by Crippen LogP contribution is 2.31. The first kappa shape index (κ1) is 24.4. The number of nitrogens with zero attached hydrogens (tertiary/aromatic N) is 1. The van der Waals surface area contributed by atoms with E-state index in [1.54, 1.807) is 0 Å². The Morgan fingerprint density at radius 3 is 2.47 bits per heavy atom. The molecule has 34 heavy (non-hydrogen) atoms. The van der Waals surface area contributed by atoms with Gasteiger partial charge in [0.05, 0.1) is 10.7 Å². The van der Waals surface area contributed by atoms with E-state index in [9.17, 15) is 4.79 Å². The summed E-state index contributed by atoms with van der Waals surface area (Å²) in [6.45, 7) is 4.59. The standard InChI is InChI=1S/C27H29BrClN3O2/c1-19-5-8-22(9-6-19)31-27(33)18-34-26-12-7-21(28)15-20(26)17-30-23-10-11-25(24(29)16-23)32-13-3-2-4-14-32/h5-12,15-16,30H,2-4,13-14,17-18H2,1H3,(H,31,33). The van der Waals surface area contributed by atoms with Gasteiger partial charge in [0.25, 0.3) is 5.91 Å². The highest BCUT2D eigenvalue weighted by Gasteiger charge is 2.14. The minimum Gasteiger partial charge on any atom is -0.483 e. The lowest BCUT2D eigenvalue weighted by atomic mass is 10.1. The van der Waals surface area contributed by atoms with Crippen molar-refractivity contribution in [2.24, 2.45) is 0 Å². The Balaban J connectivity index is 1.36. The van der Waals surface area contributed by atoms with Crippen LogP contribution in [0, 0.1) is 6.92 Å². The number of carbonyl (C=O) groups excluding carboxylic acids is 1. The number of amides is 1. The van der Waals surface area contributed by atoms with Gasteiger partial charge in [0, 0.05) is 41.0 Å². The summed E-state index contributed by atoms with van der Waals surface area (Å²) >= 11 is 10.1. The molecule has 1 aliphatic heterocycles. The number of hydrogen-bond donors (Lipinski definition) is 2. The Labute approximate surface area is 214 Å². The Bertz CT molecular complexity index is 1130. The SMILES string of the molecule is Cc1ccc(NC(=O)COc2ccc(Br)cc2CNc2ccc(N3CCCCC3)c(Cl)c2)cc1. The average molecular weight is 543 g/mol. The van der Waals surface area contributed by atoms with E-state index in [2.05, 4.69) is 43.6 Å². The molecule has 1 aliphatic rings. The van der Waals surface area contributed by atoms with Gasteiger partial charge in [0.15, 0.2) is 6.61 Å². The lowest BCUT2D eigenvalue weighted by molar-refractivity contribution is -0.118. The van der Waals surface area contributed by atoms with Gasteiger partial charge >= 0.3 is 0 Å². The van der Waals surface area contributed by atoms with E-state index in [0.717, 1.165) is 50.8 Å². The lowest BCUT2D eigenvalue weighted by Crippen LogP contribution is -2.29. The van der Waals surface area contributed by atoms with E-state index in [0.29, 0.717) is 12.3 Å². The fourth-order valence-electron chi connectivity index (χ4n) is 4.01. The number of nitrogens with one attached hydrogen (secondary N) is 2. The normalized spacial score (nSPS) is 13.4. The third kappa shape index (κ3) is 6.67. The molecule has 0 bridgehead atoms. The molecule has 0 spiro atoms. The van der Waals surface area contributed by atoms with Crippen molar-refractivity contribution in [3.63, 3.8) is 0 Å². The number of rotatable bonds is 8.